The molecule has 1 aliphatic heterocycles. The number of rotatable bonds is 3. The van der Waals surface area contributed by atoms with E-state index in [1.165, 1.54) is 11.8 Å². The lowest BCUT2D eigenvalue weighted by atomic mass is 10.1. The molecule has 8 heteroatoms. The predicted octanol–water partition coefficient (Wildman–Crippen LogP) is 4.11. The van der Waals surface area contributed by atoms with Crippen LogP contribution in [0.3, 0.4) is 0 Å². The summed E-state index contributed by atoms with van der Waals surface area (Å²) in [4.78, 5) is 27.6. The van der Waals surface area contributed by atoms with E-state index in [1.54, 1.807) is 30.6 Å². The van der Waals surface area contributed by atoms with Gasteiger partial charge < -0.3 is 10.4 Å². The Kier molecular flexibility index (Phi) is 4.75. The number of amides is 1. The summed E-state index contributed by atoms with van der Waals surface area (Å²) in [7, 11) is 0. The summed E-state index contributed by atoms with van der Waals surface area (Å²) in [6.45, 7) is 0. The molecule has 6 nitrogen and oxygen atoms in total. The molecule has 0 spiro atoms. The molecule has 0 saturated carbocycles. The first kappa shape index (κ1) is 17.8. The molecule has 0 fully saturated rings. The van der Waals surface area contributed by atoms with Crippen LogP contribution in [0.4, 0.5) is 5.82 Å². The highest BCUT2D eigenvalue weighted by atomic mass is 79.9. The summed E-state index contributed by atoms with van der Waals surface area (Å²) in [5, 5.41) is 11.8. The fourth-order valence-corrected chi connectivity index (χ4v) is 4.36. The highest BCUT2D eigenvalue weighted by molar-refractivity contribution is 9.10. The normalized spacial score (nSPS) is 16.3. The van der Waals surface area contributed by atoms with Crippen molar-refractivity contribution in [1.82, 2.24) is 9.55 Å². The summed E-state index contributed by atoms with van der Waals surface area (Å²) < 4.78 is 2.93. The highest BCUT2D eigenvalue weighted by Crippen LogP contribution is 2.42. The molecule has 1 amide bonds. The standard InChI is InChI=1S/C19H14BrN3O3S/c20-13-5-7-14(8-6-13)23-10-21-18-16(23)17(27-9-15(24)22-18)11-1-3-12(4-2-11)19(25)26/h1-8,10,17H,9H2,(H,22,24)(H,25,26)/t17-/m1/s1. The van der Waals surface area contributed by atoms with E-state index in [9.17, 15) is 9.59 Å². The first-order valence-electron chi connectivity index (χ1n) is 8.11. The summed E-state index contributed by atoms with van der Waals surface area (Å²) in [5.41, 5.74) is 2.93. The second-order valence-electron chi connectivity index (χ2n) is 5.99. The molecule has 27 heavy (non-hydrogen) atoms. The Morgan fingerprint density at radius 1 is 1.19 bits per heavy atom. The number of aromatic nitrogens is 2. The highest BCUT2D eigenvalue weighted by Gasteiger charge is 2.29. The Morgan fingerprint density at radius 3 is 2.56 bits per heavy atom. The molecule has 136 valence electrons. The van der Waals surface area contributed by atoms with Gasteiger partial charge in [-0.2, -0.15) is 0 Å². The van der Waals surface area contributed by atoms with E-state index in [-0.39, 0.29) is 16.7 Å². The van der Waals surface area contributed by atoms with Gasteiger partial charge in [0, 0.05) is 10.2 Å². The number of nitrogens with one attached hydrogen (secondary N) is 1. The lowest BCUT2D eigenvalue weighted by Crippen LogP contribution is -2.12. The van der Waals surface area contributed by atoms with Crippen molar-refractivity contribution >= 4 is 45.4 Å². The number of carbonyl (C=O) groups is 2. The van der Waals surface area contributed by atoms with E-state index >= 15 is 0 Å². The Labute approximate surface area is 167 Å². The average molecular weight is 444 g/mol. The van der Waals surface area contributed by atoms with Crippen LogP contribution in [-0.2, 0) is 4.79 Å². The zero-order valence-electron chi connectivity index (χ0n) is 13.9. The average Bonchev–Trinajstić information content (AvgIpc) is 2.98. The van der Waals surface area contributed by atoms with Crippen LogP contribution in [0.2, 0.25) is 0 Å². The van der Waals surface area contributed by atoms with Crippen LogP contribution in [0.1, 0.15) is 26.9 Å². The molecule has 2 N–H and O–H groups in total. The third kappa shape index (κ3) is 3.50. The van der Waals surface area contributed by atoms with Gasteiger partial charge in [0.05, 0.1) is 22.3 Å². The Morgan fingerprint density at radius 2 is 1.89 bits per heavy atom. The largest absolute Gasteiger partial charge is 0.478 e. The van der Waals surface area contributed by atoms with Crippen molar-refractivity contribution in [2.75, 3.05) is 11.1 Å². The summed E-state index contributed by atoms with van der Waals surface area (Å²) in [5.74, 6) is -0.248. The minimum absolute atomic E-state index is 0.105. The number of nitrogens with zero attached hydrogens (tertiary/aromatic N) is 2. The number of benzene rings is 2. The fourth-order valence-electron chi connectivity index (χ4n) is 2.97. The van der Waals surface area contributed by atoms with Crippen LogP contribution in [0.15, 0.2) is 59.3 Å². The van der Waals surface area contributed by atoms with Crippen LogP contribution in [0.5, 0.6) is 0 Å². The minimum atomic E-state index is -0.965. The van der Waals surface area contributed by atoms with Gasteiger partial charge in [-0.05, 0) is 42.0 Å². The predicted molar refractivity (Wildman–Crippen MR) is 108 cm³/mol. The smallest absolute Gasteiger partial charge is 0.335 e. The van der Waals surface area contributed by atoms with Crippen LogP contribution in [-0.4, -0.2) is 32.3 Å². The van der Waals surface area contributed by atoms with Crippen molar-refractivity contribution < 1.29 is 14.7 Å². The first-order chi connectivity index (χ1) is 13.0. The van der Waals surface area contributed by atoms with E-state index in [1.807, 2.05) is 28.8 Å². The molecular weight excluding hydrogens is 430 g/mol. The van der Waals surface area contributed by atoms with Crippen molar-refractivity contribution in [3.63, 3.8) is 0 Å². The summed E-state index contributed by atoms with van der Waals surface area (Å²) in [6.07, 6.45) is 1.69. The van der Waals surface area contributed by atoms with Gasteiger partial charge >= 0.3 is 5.97 Å². The topological polar surface area (TPSA) is 84.2 Å². The number of imidazole rings is 1. The quantitative estimate of drug-likeness (QED) is 0.636. The van der Waals surface area contributed by atoms with Crippen LogP contribution in [0, 0.1) is 0 Å². The first-order valence-corrected chi connectivity index (χ1v) is 9.95. The second kappa shape index (κ2) is 7.21. The maximum absolute atomic E-state index is 12.1. The van der Waals surface area contributed by atoms with Gasteiger partial charge in [0.1, 0.15) is 6.33 Å². The maximum Gasteiger partial charge on any atom is 0.335 e. The van der Waals surface area contributed by atoms with Crippen molar-refractivity contribution in [3.05, 3.63) is 76.2 Å². The maximum atomic E-state index is 12.1. The van der Waals surface area contributed by atoms with E-state index < -0.39 is 5.97 Å². The lowest BCUT2D eigenvalue weighted by Gasteiger charge is -2.18. The Balaban J connectivity index is 1.82. The fraction of sp³-hybridized carbons (Fsp3) is 0.105. The molecule has 4 rings (SSSR count). The van der Waals surface area contributed by atoms with Gasteiger partial charge in [-0.25, -0.2) is 9.78 Å². The molecule has 1 aromatic heterocycles. The molecule has 2 aromatic carbocycles. The Bertz CT molecular complexity index is 1020. The van der Waals surface area contributed by atoms with Crippen molar-refractivity contribution in [2.45, 2.75) is 5.25 Å². The zero-order valence-corrected chi connectivity index (χ0v) is 16.3. The molecule has 0 radical (unpaired) electrons. The van der Waals surface area contributed by atoms with Gasteiger partial charge in [0.25, 0.3) is 0 Å². The summed E-state index contributed by atoms with van der Waals surface area (Å²) in [6, 6.07) is 14.6. The number of carbonyl (C=O) groups excluding carboxylic acids is 1. The molecular formula is C19H14BrN3O3S. The number of thioether (sulfide) groups is 1. The molecule has 1 atom stereocenters. The third-order valence-electron chi connectivity index (χ3n) is 4.26. The number of hydrogen-bond donors (Lipinski definition) is 2. The molecule has 3 aromatic rings. The van der Waals surface area contributed by atoms with Crippen LogP contribution >= 0.6 is 27.7 Å². The summed E-state index contributed by atoms with van der Waals surface area (Å²) >= 11 is 4.93. The van der Waals surface area contributed by atoms with Gasteiger partial charge in [-0.3, -0.25) is 9.36 Å². The number of anilines is 1. The van der Waals surface area contributed by atoms with Gasteiger partial charge in [-0.15, -0.1) is 11.8 Å². The molecule has 0 bridgehead atoms. The molecule has 0 aliphatic carbocycles. The number of fused-ring (bicyclic) bond motifs is 1. The lowest BCUT2D eigenvalue weighted by molar-refractivity contribution is -0.113. The van der Waals surface area contributed by atoms with Gasteiger partial charge in [0.15, 0.2) is 5.82 Å². The second-order valence-corrected chi connectivity index (χ2v) is 8.00. The monoisotopic (exact) mass is 443 g/mol. The molecule has 0 saturated heterocycles. The minimum Gasteiger partial charge on any atom is -0.478 e. The third-order valence-corrected chi connectivity index (χ3v) is 6.04. The zero-order chi connectivity index (χ0) is 19.0. The number of halogens is 1. The van der Waals surface area contributed by atoms with Crippen LogP contribution in [0.25, 0.3) is 5.69 Å². The number of hydrogen-bond acceptors (Lipinski definition) is 4. The molecule has 2 heterocycles. The van der Waals surface area contributed by atoms with E-state index in [2.05, 4.69) is 26.2 Å². The van der Waals surface area contributed by atoms with Crippen molar-refractivity contribution in [2.24, 2.45) is 0 Å². The van der Waals surface area contributed by atoms with Gasteiger partial charge in [0.2, 0.25) is 5.91 Å². The number of aromatic carboxylic acids is 1. The van der Waals surface area contributed by atoms with E-state index in [0.717, 1.165) is 21.4 Å². The van der Waals surface area contributed by atoms with Gasteiger partial charge in [-0.1, -0.05) is 28.1 Å². The van der Waals surface area contributed by atoms with E-state index in [4.69, 9.17) is 5.11 Å². The SMILES string of the molecule is O=C1CS[C@H](c2ccc(C(=O)O)cc2)c2c(ncn2-c2ccc(Br)cc2)N1. The molecule has 0 unspecified atom stereocenters. The van der Waals surface area contributed by atoms with Crippen LogP contribution < -0.4 is 5.32 Å². The van der Waals surface area contributed by atoms with Crippen molar-refractivity contribution in [3.8, 4) is 5.69 Å². The number of carboxylic acids is 1. The van der Waals surface area contributed by atoms with Crippen molar-refractivity contribution in [1.29, 1.82) is 0 Å². The number of carboxylic acid groups (broad SMARTS) is 1. The molecule has 1 aliphatic rings. The Hall–Kier alpha value is -2.58. The van der Waals surface area contributed by atoms with E-state index in [0.29, 0.717) is 11.6 Å².